The van der Waals surface area contributed by atoms with Gasteiger partial charge in [-0.25, -0.2) is 0 Å². The van der Waals surface area contributed by atoms with Gasteiger partial charge in [-0.05, 0) is 68.2 Å². The van der Waals surface area contributed by atoms with Crippen molar-refractivity contribution in [3.05, 3.63) is 54.5 Å². The second-order valence-electron chi connectivity index (χ2n) is 6.93. The van der Waals surface area contributed by atoms with Gasteiger partial charge in [0.15, 0.2) is 0 Å². The van der Waals surface area contributed by atoms with Gasteiger partial charge in [-0.1, -0.05) is 0 Å². The summed E-state index contributed by atoms with van der Waals surface area (Å²) in [5.74, 6) is 1.65. The fraction of sp³-hybridized carbons (Fsp3) is 0.364. The Kier molecular flexibility index (Phi) is 6.53. The van der Waals surface area contributed by atoms with Crippen LogP contribution in [0.2, 0.25) is 0 Å². The van der Waals surface area contributed by atoms with Gasteiger partial charge in [-0.15, -0.1) is 0 Å². The number of ether oxygens (including phenoxy) is 1. The number of carbonyl (C=O) groups is 2. The quantitative estimate of drug-likeness (QED) is 0.672. The van der Waals surface area contributed by atoms with Crippen LogP contribution in [0.25, 0.3) is 6.08 Å². The third-order valence-corrected chi connectivity index (χ3v) is 4.91. The lowest BCUT2D eigenvalue weighted by Crippen LogP contribution is -2.41. The molecule has 1 aliphatic rings. The fourth-order valence-electron chi connectivity index (χ4n) is 3.15. The number of hydrogen-bond acceptors (Lipinski definition) is 4. The molecule has 2 amide bonds. The summed E-state index contributed by atoms with van der Waals surface area (Å²) in [5, 5.41) is 2.75. The minimum Gasteiger partial charge on any atom is -0.497 e. The number of furan rings is 1. The minimum atomic E-state index is -0.254. The maximum absolute atomic E-state index is 12.9. The lowest BCUT2D eigenvalue weighted by atomic mass is 10.1. The van der Waals surface area contributed by atoms with Crippen molar-refractivity contribution in [2.75, 3.05) is 18.6 Å². The van der Waals surface area contributed by atoms with Crippen LogP contribution in [0.5, 0.6) is 5.75 Å². The highest BCUT2D eigenvalue weighted by Crippen LogP contribution is 2.37. The molecule has 1 N–H and O–H groups in total. The molecule has 148 valence electrons. The van der Waals surface area contributed by atoms with Crippen molar-refractivity contribution in [3.63, 3.8) is 0 Å². The van der Waals surface area contributed by atoms with E-state index in [0.29, 0.717) is 11.7 Å². The van der Waals surface area contributed by atoms with Crippen LogP contribution in [-0.4, -0.2) is 31.5 Å². The predicted octanol–water partition coefficient (Wildman–Crippen LogP) is 3.64. The number of benzene rings is 1. The molecule has 0 spiro atoms. The lowest BCUT2D eigenvalue weighted by molar-refractivity contribution is -0.119. The number of carbonyl (C=O) groups excluding carboxylic acids is 2. The van der Waals surface area contributed by atoms with E-state index in [1.807, 2.05) is 29.2 Å². The summed E-state index contributed by atoms with van der Waals surface area (Å²) in [5.41, 5.74) is 0.856. The van der Waals surface area contributed by atoms with Crippen molar-refractivity contribution >= 4 is 23.6 Å². The number of nitrogens with zero attached hydrogens (tertiary/aromatic N) is 1. The van der Waals surface area contributed by atoms with Crippen LogP contribution in [0.15, 0.2) is 53.2 Å². The fourth-order valence-corrected chi connectivity index (χ4v) is 3.15. The first kappa shape index (κ1) is 19.7. The first-order chi connectivity index (χ1) is 13.6. The van der Waals surface area contributed by atoms with Gasteiger partial charge < -0.3 is 19.4 Å². The monoisotopic (exact) mass is 382 g/mol. The van der Waals surface area contributed by atoms with Crippen molar-refractivity contribution < 1.29 is 18.7 Å². The third-order valence-electron chi connectivity index (χ3n) is 4.91. The van der Waals surface area contributed by atoms with E-state index in [2.05, 4.69) is 12.2 Å². The second-order valence-corrected chi connectivity index (χ2v) is 6.93. The van der Waals surface area contributed by atoms with E-state index >= 15 is 0 Å². The summed E-state index contributed by atoms with van der Waals surface area (Å²) in [6, 6.07) is 11.2. The Morgan fingerprint density at radius 1 is 1.29 bits per heavy atom. The highest BCUT2D eigenvalue weighted by atomic mass is 16.5. The molecule has 3 rings (SSSR count). The SMILES string of the molecule is COc1ccc(N(C(=O)CCNC(=O)/C=C/c2ccco2)C(C)C2CC2)cc1. The molecule has 1 aromatic carbocycles. The Morgan fingerprint density at radius 3 is 2.64 bits per heavy atom. The molecule has 1 atom stereocenters. The molecular formula is C22H26N2O4. The van der Waals surface area contributed by atoms with Crippen LogP contribution < -0.4 is 15.0 Å². The number of anilines is 1. The van der Waals surface area contributed by atoms with E-state index in [-0.39, 0.29) is 30.8 Å². The average Bonchev–Trinajstić information content (AvgIpc) is 3.43. The van der Waals surface area contributed by atoms with Crippen LogP contribution in [0.1, 0.15) is 31.9 Å². The van der Waals surface area contributed by atoms with Gasteiger partial charge in [0.2, 0.25) is 11.8 Å². The second kappa shape index (κ2) is 9.26. The molecule has 0 radical (unpaired) electrons. The summed E-state index contributed by atoms with van der Waals surface area (Å²) in [6.07, 6.45) is 7.08. The largest absolute Gasteiger partial charge is 0.497 e. The van der Waals surface area contributed by atoms with E-state index in [1.54, 1.807) is 31.6 Å². The van der Waals surface area contributed by atoms with E-state index in [4.69, 9.17) is 9.15 Å². The van der Waals surface area contributed by atoms with Crippen LogP contribution in [0.4, 0.5) is 5.69 Å². The minimum absolute atomic E-state index is 0.000110. The molecule has 0 saturated heterocycles. The summed E-state index contributed by atoms with van der Waals surface area (Å²) in [7, 11) is 1.62. The highest BCUT2D eigenvalue weighted by molar-refractivity contribution is 5.95. The van der Waals surface area contributed by atoms with E-state index in [1.165, 1.54) is 6.08 Å². The molecule has 2 aromatic rings. The van der Waals surface area contributed by atoms with E-state index in [0.717, 1.165) is 24.3 Å². The summed E-state index contributed by atoms with van der Waals surface area (Å²) >= 11 is 0. The van der Waals surface area contributed by atoms with Gasteiger partial charge >= 0.3 is 0 Å². The van der Waals surface area contributed by atoms with Gasteiger partial charge in [0.25, 0.3) is 0 Å². The third kappa shape index (κ3) is 5.25. The zero-order valence-corrected chi connectivity index (χ0v) is 16.3. The standard InChI is InChI=1S/C22H26N2O4/c1-16(17-5-6-17)24(18-7-9-19(27-2)10-8-18)22(26)13-14-23-21(25)12-11-20-4-3-15-28-20/h3-4,7-12,15-17H,5-6,13-14H2,1-2H3,(H,23,25)/b12-11+. The first-order valence-electron chi connectivity index (χ1n) is 9.54. The van der Waals surface area contributed by atoms with Crippen molar-refractivity contribution in [1.29, 1.82) is 0 Å². The normalized spacial score (nSPS) is 14.6. The zero-order chi connectivity index (χ0) is 19.9. The number of amides is 2. The van der Waals surface area contributed by atoms with Crippen molar-refractivity contribution in [1.82, 2.24) is 5.32 Å². The molecular weight excluding hydrogens is 356 g/mol. The van der Waals surface area contributed by atoms with Crippen molar-refractivity contribution in [2.24, 2.45) is 5.92 Å². The van der Waals surface area contributed by atoms with Gasteiger partial charge in [0.05, 0.1) is 13.4 Å². The Hall–Kier alpha value is -3.02. The summed E-state index contributed by atoms with van der Waals surface area (Å²) < 4.78 is 10.3. The maximum Gasteiger partial charge on any atom is 0.244 e. The highest BCUT2D eigenvalue weighted by Gasteiger charge is 2.34. The summed E-state index contributed by atoms with van der Waals surface area (Å²) in [6.45, 7) is 2.37. The molecule has 1 unspecified atom stereocenters. The zero-order valence-electron chi connectivity index (χ0n) is 16.3. The smallest absolute Gasteiger partial charge is 0.244 e. The van der Waals surface area contributed by atoms with Crippen LogP contribution in [0.3, 0.4) is 0 Å². The Bertz CT molecular complexity index is 808. The van der Waals surface area contributed by atoms with Crippen LogP contribution in [0, 0.1) is 5.92 Å². The molecule has 1 aromatic heterocycles. The van der Waals surface area contributed by atoms with Crippen molar-refractivity contribution in [2.45, 2.75) is 32.2 Å². The molecule has 1 fully saturated rings. The number of hydrogen-bond donors (Lipinski definition) is 1. The first-order valence-corrected chi connectivity index (χ1v) is 9.54. The molecule has 6 heteroatoms. The van der Waals surface area contributed by atoms with Crippen LogP contribution >= 0.6 is 0 Å². The molecule has 1 heterocycles. The molecule has 6 nitrogen and oxygen atoms in total. The average molecular weight is 382 g/mol. The number of nitrogens with one attached hydrogen (secondary N) is 1. The van der Waals surface area contributed by atoms with E-state index < -0.39 is 0 Å². The molecule has 1 aliphatic carbocycles. The van der Waals surface area contributed by atoms with Gasteiger partial charge in [0.1, 0.15) is 11.5 Å². The molecule has 1 saturated carbocycles. The Morgan fingerprint density at radius 2 is 2.04 bits per heavy atom. The number of methoxy groups -OCH3 is 1. The van der Waals surface area contributed by atoms with Gasteiger partial charge in [0, 0.05) is 30.8 Å². The number of rotatable bonds is 9. The summed E-state index contributed by atoms with van der Waals surface area (Å²) in [4.78, 5) is 26.7. The van der Waals surface area contributed by atoms with Gasteiger partial charge in [-0.2, -0.15) is 0 Å². The Balaban J connectivity index is 1.57. The lowest BCUT2D eigenvalue weighted by Gasteiger charge is -2.30. The topological polar surface area (TPSA) is 71.8 Å². The maximum atomic E-state index is 12.9. The predicted molar refractivity (Wildman–Crippen MR) is 108 cm³/mol. The molecule has 28 heavy (non-hydrogen) atoms. The molecule has 0 bridgehead atoms. The van der Waals surface area contributed by atoms with Crippen LogP contribution in [-0.2, 0) is 9.59 Å². The van der Waals surface area contributed by atoms with Crippen molar-refractivity contribution in [3.8, 4) is 5.75 Å². The molecule has 0 aliphatic heterocycles. The van der Waals surface area contributed by atoms with Gasteiger partial charge in [-0.3, -0.25) is 9.59 Å². The Labute approximate surface area is 165 Å². The van der Waals surface area contributed by atoms with E-state index in [9.17, 15) is 9.59 Å².